The average Bonchev–Trinajstić information content (AvgIpc) is 2.15. The van der Waals surface area contributed by atoms with E-state index in [1.54, 1.807) is 12.1 Å². The fourth-order valence-electron chi connectivity index (χ4n) is 1.71. The van der Waals surface area contributed by atoms with Crippen molar-refractivity contribution >= 4 is 11.8 Å². The Morgan fingerprint density at radius 2 is 1.88 bits per heavy atom. The van der Waals surface area contributed by atoms with Crippen LogP contribution in [-0.2, 0) is 10.4 Å². The molecule has 1 unspecified atom stereocenters. The van der Waals surface area contributed by atoms with E-state index < -0.39 is 11.6 Å². The monoisotopic (exact) mass is 244 g/mol. The number of Topliss-reactive ketones (excluding diaryl/α,β-unsaturated/α-hetero) is 1. The van der Waals surface area contributed by atoms with Crippen LogP contribution in [0.5, 0.6) is 0 Å². The van der Waals surface area contributed by atoms with Gasteiger partial charge in [-0.3, -0.25) is 4.79 Å². The molecule has 5 heteroatoms. The maximum Gasteiger partial charge on any atom is 1.00 e. The van der Waals surface area contributed by atoms with Crippen molar-refractivity contribution in [1.82, 2.24) is 0 Å². The number of aromatic carboxylic acids is 1. The third kappa shape index (κ3) is 4.24. The molecule has 0 heterocycles. The van der Waals surface area contributed by atoms with Crippen LogP contribution in [0, 0.1) is 0 Å². The summed E-state index contributed by atoms with van der Waals surface area (Å²) in [5.74, 6) is -1.57. The van der Waals surface area contributed by atoms with Crippen molar-refractivity contribution in [2.24, 2.45) is 0 Å². The molecule has 0 aliphatic rings. The normalized spacial score (nSPS) is 13.4. The van der Waals surface area contributed by atoms with Gasteiger partial charge in [-0.25, -0.2) is 0 Å². The molecule has 0 spiro atoms. The fourth-order valence-corrected chi connectivity index (χ4v) is 1.71. The number of aliphatic hydroxyl groups is 1. The molecule has 1 aromatic rings. The maximum atomic E-state index is 11.0. The predicted octanol–water partition coefficient (Wildman–Crippen LogP) is -2.76. The zero-order chi connectivity index (χ0) is 12.3. The zero-order valence-corrected chi connectivity index (χ0v) is 12.2. The van der Waals surface area contributed by atoms with Crippen molar-refractivity contribution in [3.05, 3.63) is 35.4 Å². The van der Waals surface area contributed by atoms with Gasteiger partial charge in [-0.1, -0.05) is 24.3 Å². The number of carboxylic acids is 1. The van der Waals surface area contributed by atoms with Crippen LogP contribution >= 0.6 is 0 Å². The van der Waals surface area contributed by atoms with Crippen LogP contribution in [0.4, 0.5) is 0 Å². The minimum atomic E-state index is -1.48. The Kier molecular flexibility index (Phi) is 6.05. The second-order valence-corrected chi connectivity index (χ2v) is 3.99. The molecule has 0 fully saturated rings. The molecular weight excluding hydrogens is 231 g/mol. The van der Waals surface area contributed by atoms with Crippen LogP contribution in [0.1, 0.15) is 36.2 Å². The molecule has 0 saturated carbocycles. The van der Waals surface area contributed by atoms with Gasteiger partial charge in [0.1, 0.15) is 5.78 Å². The van der Waals surface area contributed by atoms with Gasteiger partial charge >= 0.3 is 29.6 Å². The van der Waals surface area contributed by atoms with E-state index in [2.05, 4.69) is 0 Å². The Bertz CT molecular complexity index is 426. The van der Waals surface area contributed by atoms with Gasteiger partial charge < -0.3 is 15.0 Å². The summed E-state index contributed by atoms with van der Waals surface area (Å²) >= 11 is 0. The molecule has 1 N–H and O–H groups in total. The first-order valence-corrected chi connectivity index (χ1v) is 4.87. The number of carbonyl (C=O) groups excluding carboxylic acids is 2. The number of carboxylic acid groups (broad SMARTS) is 1. The van der Waals surface area contributed by atoms with Gasteiger partial charge in [0.05, 0.1) is 11.6 Å². The summed E-state index contributed by atoms with van der Waals surface area (Å²) in [7, 11) is 0. The zero-order valence-electron chi connectivity index (χ0n) is 10.2. The van der Waals surface area contributed by atoms with Crippen LogP contribution < -0.4 is 34.7 Å². The summed E-state index contributed by atoms with van der Waals surface area (Å²) in [5, 5.41) is 20.9. The number of benzene rings is 1. The Labute approximate surface area is 122 Å². The summed E-state index contributed by atoms with van der Waals surface area (Å²) in [6, 6.07) is 5.97. The van der Waals surface area contributed by atoms with Crippen LogP contribution in [0.25, 0.3) is 0 Å². The van der Waals surface area contributed by atoms with Crippen molar-refractivity contribution in [2.45, 2.75) is 25.9 Å². The second kappa shape index (κ2) is 6.31. The number of rotatable bonds is 4. The molecular formula is C12H13NaO4. The molecule has 0 aliphatic heterocycles. The Hall–Kier alpha value is -0.680. The molecule has 0 saturated heterocycles. The fraction of sp³-hybridized carbons (Fsp3) is 0.333. The predicted molar refractivity (Wildman–Crippen MR) is 55.6 cm³/mol. The number of ketones is 1. The summed E-state index contributed by atoms with van der Waals surface area (Å²) in [5.41, 5.74) is -1.37. The molecule has 0 bridgehead atoms. The molecule has 0 amide bonds. The van der Waals surface area contributed by atoms with Crippen molar-refractivity contribution in [1.29, 1.82) is 0 Å². The molecule has 0 aliphatic carbocycles. The largest absolute Gasteiger partial charge is 1.00 e. The number of hydrogen-bond acceptors (Lipinski definition) is 4. The van der Waals surface area contributed by atoms with E-state index in [1.807, 2.05) is 0 Å². The van der Waals surface area contributed by atoms with Gasteiger partial charge in [-0.05, 0) is 19.4 Å². The standard InChI is InChI=1S/C12H14O4.Na/c1-8(13)7-12(2,16)10-6-4-3-5-9(10)11(14)15;/h3-6,16H,7H2,1-2H3,(H,14,15);/q;+1/p-1. The first kappa shape index (κ1) is 16.3. The summed E-state index contributed by atoms with van der Waals surface area (Å²) in [6.07, 6.45) is -0.128. The van der Waals surface area contributed by atoms with Crippen molar-refractivity contribution in [2.75, 3.05) is 0 Å². The molecule has 0 aromatic heterocycles. The van der Waals surface area contributed by atoms with Crippen molar-refractivity contribution < 1.29 is 49.4 Å². The third-order valence-electron chi connectivity index (χ3n) is 2.32. The van der Waals surface area contributed by atoms with Crippen molar-refractivity contribution in [3.63, 3.8) is 0 Å². The van der Waals surface area contributed by atoms with Crippen LogP contribution in [0.2, 0.25) is 0 Å². The third-order valence-corrected chi connectivity index (χ3v) is 2.32. The summed E-state index contributed by atoms with van der Waals surface area (Å²) < 4.78 is 0. The molecule has 1 atom stereocenters. The van der Waals surface area contributed by atoms with Crippen LogP contribution in [-0.4, -0.2) is 16.9 Å². The summed E-state index contributed by atoms with van der Waals surface area (Å²) in [6.45, 7) is 2.76. The topological polar surface area (TPSA) is 77.4 Å². The van der Waals surface area contributed by atoms with Gasteiger partial charge in [-0.15, -0.1) is 0 Å². The minimum Gasteiger partial charge on any atom is -0.545 e. The SMILES string of the molecule is CC(=O)CC(C)(O)c1ccccc1C(=O)[O-].[Na+]. The van der Waals surface area contributed by atoms with Gasteiger partial charge in [0.2, 0.25) is 0 Å². The van der Waals surface area contributed by atoms with E-state index in [-0.39, 0.29) is 52.9 Å². The van der Waals surface area contributed by atoms with Crippen LogP contribution in [0.3, 0.4) is 0 Å². The van der Waals surface area contributed by atoms with E-state index >= 15 is 0 Å². The van der Waals surface area contributed by atoms with E-state index in [4.69, 9.17) is 0 Å². The Morgan fingerprint density at radius 3 is 2.35 bits per heavy atom. The second-order valence-electron chi connectivity index (χ2n) is 3.99. The number of carbonyl (C=O) groups is 2. The molecule has 86 valence electrons. The molecule has 0 radical (unpaired) electrons. The van der Waals surface area contributed by atoms with Crippen molar-refractivity contribution in [3.8, 4) is 0 Å². The first-order chi connectivity index (χ1) is 7.34. The first-order valence-electron chi connectivity index (χ1n) is 4.87. The Morgan fingerprint density at radius 1 is 1.35 bits per heavy atom. The van der Waals surface area contributed by atoms with Gasteiger partial charge in [0.25, 0.3) is 0 Å². The maximum absolute atomic E-state index is 11.0. The molecule has 1 rings (SSSR count). The molecule has 1 aromatic carbocycles. The molecule has 17 heavy (non-hydrogen) atoms. The van der Waals surface area contributed by atoms with Gasteiger partial charge in [-0.2, -0.15) is 0 Å². The van der Waals surface area contributed by atoms with Crippen LogP contribution in [0.15, 0.2) is 24.3 Å². The van der Waals surface area contributed by atoms with E-state index in [0.29, 0.717) is 0 Å². The minimum absolute atomic E-state index is 0. The van der Waals surface area contributed by atoms with E-state index in [1.165, 1.54) is 26.0 Å². The quantitative estimate of drug-likeness (QED) is 0.582. The van der Waals surface area contributed by atoms with E-state index in [9.17, 15) is 19.8 Å². The summed E-state index contributed by atoms with van der Waals surface area (Å²) in [4.78, 5) is 21.8. The van der Waals surface area contributed by atoms with Gasteiger partial charge in [0, 0.05) is 12.0 Å². The number of hydrogen-bond donors (Lipinski definition) is 1. The Balaban J connectivity index is 0.00000256. The van der Waals surface area contributed by atoms with E-state index in [0.717, 1.165) is 0 Å². The van der Waals surface area contributed by atoms with Gasteiger partial charge in [0.15, 0.2) is 0 Å². The smallest absolute Gasteiger partial charge is 0.545 e. The average molecular weight is 244 g/mol. The molecule has 4 nitrogen and oxygen atoms in total.